The third-order valence-corrected chi connectivity index (χ3v) is 5.24. The van der Waals surface area contributed by atoms with Crippen LogP contribution in [-0.4, -0.2) is 61.0 Å². The molecule has 0 bridgehead atoms. The van der Waals surface area contributed by atoms with Crippen LogP contribution in [0.5, 0.6) is 0 Å². The molecule has 0 saturated carbocycles. The quantitative estimate of drug-likeness (QED) is 0.301. The van der Waals surface area contributed by atoms with Crippen LogP contribution in [0.1, 0.15) is 18.4 Å². The Balaban J connectivity index is 0.000000336. The first kappa shape index (κ1) is 25.2. The van der Waals surface area contributed by atoms with Crippen LogP contribution in [0.2, 0.25) is 5.02 Å². The number of piperidine rings is 1. The highest BCUT2D eigenvalue weighted by atomic mass is 35.5. The molecule has 1 unspecified atom stereocenters. The molecule has 1 atom stereocenters. The Bertz CT molecular complexity index is 994. The van der Waals surface area contributed by atoms with Gasteiger partial charge in [-0.05, 0) is 63.8 Å². The minimum absolute atomic E-state index is 0.230. The number of nitrogens with zero attached hydrogens (tertiary/aromatic N) is 2. The number of rotatable bonds is 6. The fraction of sp³-hybridized carbons (Fsp3) is 0.304. The van der Waals surface area contributed by atoms with Crippen molar-refractivity contribution in [3.63, 3.8) is 0 Å². The molecule has 2 aromatic rings. The van der Waals surface area contributed by atoms with E-state index in [0.29, 0.717) is 28.3 Å². The predicted molar refractivity (Wildman–Crippen MR) is 130 cm³/mol. The summed E-state index contributed by atoms with van der Waals surface area (Å²) in [6, 6.07) is 7.16. The first-order valence-corrected chi connectivity index (χ1v) is 10.5. The van der Waals surface area contributed by atoms with Gasteiger partial charge in [0.25, 0.3) is 0 Å². The number of carbonyl (C=O) groups excluding carboxylic acids is 2. The van der Waals surface area contributed by atoms with E-state index in [1.807, 2.05) is 7.05 Å². The lowest BCUT2D eigenvalue weighted by atomic mass is 10.0. The normalized spacial score (nSPS) is 15.8. The van der Waals surface area contributed by atoms with Crippen LogP contribution < -0.4 is 16.4 Å². The molecule has 170 valence electrons. The number of aldehydes is 1. The zero-order valence-corrected chi connectivity index (χ0v) is 19.1. The number of benzene rings is 1. The fourth-order valence-corrected chi connectivity index (χ4v) is 3.56. The number of hydrogen-bond acceptors (Lipinski definition) is 7. The number of likely N-dealkylation sites (tertiary alicyclic amines) is 1. The van der Waals surface area contributed by atoms with E-state index in [1.165, 1.54) is 38.2 Å². The zero-order chi connectivity index (χ0) is 23.7. The molecule has 1 aliphatic rings. The van der Waals surface area contributed by atoms with Crippen molar-refractivity contribution in [3.8, 4) is 11.3 Å². The monoisotopic (exact) mass is 456 g/mol. The molecule has 0 radical (unpaired) electrons. The van der Waals surface area contributed by atoms with Gasteiger partial charge in [0.05, 0.1) is 17.6 Å². The van der Waals surface area contributed by atoms with Crippen molar-refractivity contribution in [1.82, 2.24) is 15.2 Å². The van der Waals surface area contributed by atoms with E-state index in [-0.39, 0.29) is 22.9 Å². The Labute approximate surface area is 193 Å². The molecule has 1 aliphatic heterocycles. The van der Waals surface area contributed by atoms with Gasteiger partial charge in [0.1, 0.15) is 5.71 Å². The minimum Gasteiger partial charge on any atom is -0.397 e. The van der Waals surface area contributed by atoms with Gasteiger partial charge in [0.15, 0.2) is 6.29 Å². The summed E-state index contributed by atoms with van der Waals surface area (Å²) in [7, 11) is 4.23. The molecular formula is C23H29ClN6O2. The second-order valence-electron chi connectivity index (χ2n) is 7.50. The molecule has 3 rings (SSSR count). The molecule has 1 amide bonds. The summed E-state index contributed by atoms with van der Waals surface area (Å²) in [5.41, 5.74) is 7.55. The topological polar surface area (TPSA) is 124 Å². The molecule has 1 aromatic heterocycles. The molecule has 1 aromatic carbocycles. The zero-order valence-electron chi connectivity index (χ0n) is 18.3. The molecule has 0 aliphatic carbocycles. The fourth-order valence-electron chi connectivity index (χ4n) is 3.33. The smallest absolute Gasteiger partial charge is 0.247 e. The van der Waals surface area contributed by atoms with Crippen LogP contribution >= 0.6 is 11.6 Å². The standard InChI is InChI=1S/C16H13ClN4O2.C7H16N2/c1-2-16(23)21-11-4-9(3-10(17)5-11)15-6-12(14(19)8-22)13(18)7-20-15;1-8-7-4-3-5-9(2)6-7/h2-8,19H,1,18H2,(H,21,23);7-8H,3-6H2,1-2H3. The number of carbonyl (C=O) groups is 2. The van der Waals surface area contributed by atoms with Crippen molar-refractivity contribution in [2.75, 3.05) is 38.2 Å². The van der Waals surface area contributed by atoms with Crippen LogP contribution in [0, 0.1) is 5.41 Å². The van der Waals surface area contributed by atoms with E-state index in [4.69, 9.17) is 22.7 Å². The van der Waals surface area contributed by atoms with Crippen molar-refractivity contribution in [1.29, 1.82) is 5.41 Å². The Morgan fingerprint density at radius 1 is 1.38 bits per heavy atom. The lowest BCUT2D eigenvalue weighted by molar-refractivity contribution is -0.111. The lowest BCUT2D eigenvalue weighted by Crippen LogP contribution is -2.42. The van der Waals surface area contributed by atoms with Crippen molar-refractivity contribution < 1.29 is 9.59 Å². The Hall–Kier alpha value is -3.07. The molecule has 5 N–H and O–H groups in total. The number of nitrogen functional groups attached to an aromatic ring is 1. The number of pyridine rings is 1. The highest BCUT2D eigenvalue weighted by Gasteiger charge is 2.14. The summed E-state index contributed by atoms with van der Waals surface area (Å²) < 4.78 is 0. The van der Waals surface area contributed by atoms with E-state index in [2.05, 4.69) is 34.1 Å². The molecule has 32 heavy (non-hydrogen) atoms. The first-order chi connectivity index (χ1) is 15.3. The summed E-state index contributed by atoms with van der Waals surface area (Å²) in [6.07, 6.45) is 5.61. The summed E-state index contributed by atoms with van der Waals surface area (Å²) >= 11 is 6.06. The average molecular weight is 457 g/mol. The minimum atomic E-state index is -0.369. The molecule has 1 fully saturated rings. The summed E-state index contributed by atoms with van der Waals surface area (Å²) in [5, 5.41) is 13.9. The second-order valence-corrected chi connectivity index (χ2v) is 7.94. The van der Waals surface area contributed by atoms with Crippen LogP contribution in [-0.2, 0) is 9.59 Å². The third-order valence-electron chi connectivity index (χ3n) is 5.02. The summed E-state index contributed by atoms with van der Waals surface area (Å²) in [4.78, 5) is 28.7. The van der Waals surface area contributed by atoms with Crippen molar-refractivity contribution in [2.45, 2.75) is 18.9 Å². The second kappa shape index (κ2) is 12.1. The maximum absolute atomic E-state index is 11.4. The largest absolute Gasteiger partial charge is 0.397 e. The number of halogens is 1. The molecule has 2 heterocycles. The predicted octanol–water partition coefficient (Wildman–Crippen LogP) is 2.98. The van der Waals surface area contributed by atoms with E-state index < -0.39 is 0 Å². The molecule has 8 nitrogen and oxygen atoms in total. The van der Waals surface area contributed by atoms with Crippen molar-refractivity contribution in [3.05, 3.63) is 53.7 Å². The number of hydrogen-bond donors (Lipinski definition) is 4. The van der Waals surface area contributed by atoms with Gasteiger partial charge in [-0.3, -0.25) is 20.0 Å². The molecule has 0 spiro atoms. The lowest BCUT2D eigenvalue weighted by Gasteiger charge is -2.29. The summed E-state index contributed by atoms with van der Waals surface area (Å²) in [5.74, 6) is -0.369. The van der Waals surface area contributed by atoms with Gasteiger partial charge in [-0.25, -0.2) is 0 Å². The molecule has 1 saturated heterocycles. The van der Waals surface area contributed by atoms with Crippen LogP contribution in [0.3, 0.4) is 0 Å². The number of aromatic nitrogens is 1. The van der Waals surface area contributed by atoms with Gasteiger partial charge in [-0.2, -0.15) is 0 Å². The van der Waals surface area contributed by atoms with Crippen LogP contribution in [0.15, 0.2) is 43.1 Å². The van der Waals surface area contributed by atoms with Gasteiger partial charge in [0.2, 0.25) is 5.91 Å². The van der Waals surface area contributed by atoms with Crippen LogP contribution in [0.25, 0.3) is 11.3 Å². The number of nitrogens with one attached hydrogen (secondary N) is 3. The number of anilines is 2. The third kappa shape index (κ3) is 7.26. The van der Waals surface area contributed by atoms with Gasteiger partial charge in [-0.1, -0.05) is 18.2 Å². The van der Waals surface area contributed by atoms with Crippen LogP contribution in [0.4, 0.5) is 11.4 Å². The first-order valence-electron chi connectivity index (χ1n) is 10.2. The number of amides is 1. The molecule has 9 heteroatoms. The Morgan fingerprint density at radius 3 is 2.72 bits per heavy atom. The molecular weight excluding hydrogens is 428 g/mol. The van der Waals surface area contributed by atoms with E-state index in [9.17, 15) is 9.59 Å². The Morgan fingerprint density at radius 2 is 2.12 bits per heavy atom. The summed E-state index contributed by atoms with van der Waals surface area (Å²) in [6.45, 7) is 5.88. The highest BCUT2D eigenvalue weighted by Crippen LogP contribution is 2.28. The van der Waals surface area contributed by atoms with Gasteiger partial charge in [0, 0.05) is 34.4 Å². The van der Waals surface area contributed by atoms with Crippen molar-refractivity contribution in [2.24, 2.45) is 0 Å². The SMILES string of the molecule is C=CC(=O)Nc1cc(Cl)cc(-c2cc(C(=N)C=O)c(N)cn2)c1.CNC1CCCN(C)C1. The Kier molecular flexibility index (Phi) is 9.52. The van der Waals surface area contributed by atoms with E-state index in [0.717, 1.165) is 12.1 Å². The van der Waals surface area contributed by atoms with Crippen molar-refractivity contribution >= 4 is 40.9 Å². The van der Waals surface area contributed by atoms with Gasteiger partial charge in [-0.15, -0.1) is 0 Å². The number of nitrogens with two attached hydrogens (primary N) is 1. The van der Waals surface area contributed by atoms with E-state index in [1.54, 1.807) is 18.2 Å². The van der Waals surface area contributed by atoms with Gasteiger partial charge < -0.3 is 21.3 Å². The number of likely N-dealkylation sites (N-methyl/N-ethyl adjacent to an activating group) is 2. The van der Waals surface area contributed by atoms with Gasteiger partial charge >= 0.3 is 0 Å². The highest BCUT2D eigenvalue weighted by molar-refractivity contribution is 6.36. The van der Waals surface area contributed by atoms with E-state index >= 15 is 0 Å². The maximum atomic E-state index is 11.4. The maximum Gasteiger partial charge on any atom is 0.247 e. The average Bonchev–Trinajstić information content (AvgIpc) is 2.78.